The van der Waals surface area contributed by atoms with E-state index in [1.165, 1.54) is 0 Å². The number of aromatic hydroxyl groups is 1. The van der Waals surface area contributed by atoms with Gasteiger partial charge >= 0.3 is 0 Å². The molecular weight excluding hydrogens is 336 g/mol. The summed E-state index contributed by atoms with van der Waals surface area (Å²) in [6.07, 6.45) is 0. The predicted octanol–water partition coefficient (Wildman–Crippen LogP) is 7.38. The van der Waals surface area contributed by atoms with Gasteiger partial charge in [0.05, 0.1) is 17.1 Å². The van der Waals surface area contributed by atoms with Crippen LogP contribution in [0, 0.1) is 0 Å². The summed E-state index contributed by atoms with van der Waals surface area (Å²) in [5.74, 6) is 0.103. The molecule has 0 fully saturated rings. The van der Waals surface area contributed by atoms with Crippen LogP contribution < -0.4 is 0 Å². The average molecular weight is 352 g/mol. The molecule has 5 nitrogen and oxygen atoms in total. The fourth-order valence-electron chi connectivity index (χ4n) is 2.65. The summed E-state index contributed by atoms with van der Waals surface area (Å²) in [7, 11) is 0. The van der Waals surface area contributed by atoms with Crippen LogP contribution >= 0.6 is 0 Å². The van der Waals surface area contributed by atoms with Crippen LogP contribution in [-0.2, 0) is 0 Å². The number of phenolic OH excluding ortho intramolecular Hbond substituents is 1. The molecule has 0 saturated heterocycles. The molecule has 0 aliphatic heterocycles. The molecule has 0 unspecified atom stereocenters. The van der Waals surface area contributed by atoms with Gasteiger partial charge in [-0.15, -0.1) is 5.11 Å². The summed E-state index contributed by atoms with van der Waals surface area (Å²) < 4.78 is 0. The number of hydrogen-bond acceptors (Lipinski definition) is 5. The van der Waals surface area contributed by atoms with Crippen molar-refractivity contribution in [3.63, 3.8) is 0 Å². The minimum atomic E-state index is 0.103. The van der Waals surface area contributed by atoms with E-state index in [9.17, 15) is 5.11 Å². The maximum atomic E-state index is 10.1. The van der Waals surface area contributed by atoms with Gasteiger partial charge in [-0.25, -0.2) is 0 Å². The molecule has 4 rings (SSSR count). The van der Waals surface area contributed by atoms with E-state index in [2.05, 4.69) is 20.5 Å². The lowest BCUT2D eigenvalue weighted by molar-refractivity contribution is 0.477. The Morgan fingerprint density at radius 1 is 0.481 bits per heavy atom. The third kappa shape index (κ3) is 3.88. The second kappa shape index (κ2) is 7.58. The van der Waals surface area contributed by atoms with Crippen molar-refractivity contribution in [3.8, 4) is 5.75 Å². The molecule has 0 aliphatic carbocycles. The summed E-state index contributed by atoms with van der Waals surface area (Å²) >= 11 is 0. The number of rotatable bonds is 4. The molecule has 5 heteroatoms. The number of benzene rings is 4. The van der Waals surface area contributed by atoms with E-state index in [4.69, 9.17) is 0 Å². The Bertz CT molecular complexity index is 1120. The average Bonchev–Trinajstić information content (AvgIpc) is 2.73. The summed E-state index contributed by atoms with van der Waals surface area (Å²) in [6, 6.07) is 28.1. The van der Waals surface area contributed by atoms with E-state index in [1.54, 1.807) is 6.07 Å². The fourth-order valence-corrected chi connectivity index (χ4v) is 2.65. The number of azo groups is 2. The molecule has 0 spiro atoms. The Balaban J connectivity index is 1.55. The van der Waals surface area contributed by atoms with E-state index in [0.717, 1.165) is 22.1 Å². The first-order valence-corrected chi connectivity index (χ1v) is 8.49. The van der Waals surface area contributed by atoms with E-state index in [-0.39, 0.29) is 5.75 Å². The third-order valence-corrected chi connectivity index (χ3v) is 4.03. The summed E-state index contributed by atoms with van der Waals surface area (Å²) in [4.78, 5) is 0. The molecule has 130 valence electrons. The molecule has 1 N–H and O–H groups in total. The quantitative estimate of drug-likeness (QED) is 0.382. The van der Waals surface area contributed by atoms with E-state index in [0.29, 0.717) is 11.4 Å². The highest BCUT2D eigenvalue weighted by Gasteiger charge is 2.05. The standard InChI is InChI=1S/C22H16N4O/c27-21-15-10-16-6-4-5-9-20(16)22(21)26-25-19-13-11-18(12-14-19)24-23-17-7-2-1-3-8-17/h1-15,27H/b24-23+,26-25?. The van der Waals surface area contributed by atoms with Crippen LogP contribution in [0.3, 0.4) is 0 Å². The van der Waals surface area contributed by atoms with Crippen molar-refractivity contribution in [3.05, 3.63) is 91.0 Å². The minimum absolute atomic E-state index is 0.103. The molecule has 0 bridgehead atoms. The topological polar surface area (TPSA) is 69.7 Å². The zero-order valence-electron chi connectivity index (χ0n) is 14.4. The normalized spacial score (nSPS) is 11.6. The second-order valence-corrected chi connectivity index (χ2v) is 5.91. The highest BCUT2D eigenvalue weighted by Crippen LogP contribution is 2.36. The molecule has 0 radical (unpaired) electrons. The number of nitrogens with zero attached hydrogens (tertiary/aromatic N) is 4. The minimum Gasteiger partial charge on any atom is -0.506 e. The number of phenols is 1. The van der Waals surface area contributed by atoms with E-state index in [1.807, 2.05) is 84.9 Å². The van der Waals surface area contributed by atoms with Crippen molar-refractivity contribution in [2.45, 2.75) is 0 Å². The van der Waals surface area contributed by atoms with Crippen LogP contribution in [0.2, 0.25) is 0 Å². The lowest BCUT2D eigenvalue weighted by Gasteiger charge is -2.03. The van der Waals surface area contributed by atoms with Gasteiger partial charge in [0.25, 0.3) is 0 Å². The molecule has 0 atom stereocenters. The first-order chi connectivity index (χ1) is 13.3. The van der Waals surface area contributed by atoms with Crippen LogP contribution in [-0.4, -0.2) is 5.11 Å². The van der Waals surface area contributed by atoms with Gasteiger partial charge in [-0.05, 0) is 47.9 Å². The van der Waals surface area contributed by atoms with Crippen molar-refractivity contribution >= 4 is 33.5 Å². The Morgan fingerprint density at radius 3 is 1.74 bits per heavy atom. The molecule has 0 aromatic heterocycles. The fraction of sp³-hybridized carbons (Fsp3) is 0. The first kappa shape index (κ1) is 16.6. The zero-order valence-corrected chi connectivity index (χ0v) is 14.4. The van der Waals surface area contributed by atoms with Gasteiger partial charge in [-0.2, -0.15) is 15.3 Å². The summed E-state index contributed by atoms with van der Waals surface area (Å²) in [5, 5.41) is 28.9. The number of fused-ring (bicyclic) bond motifs is 1. The SMILES string of the molecule is Oc1ccc2ccccc2c1N=Nc1ccc(/N=N/c2ccccc2)cc1. The Hall–Kier alpha value is -3.86. The summed E-state index contributed by atoms with van der Waals surface area (Å²) in [5.41, 5.74) is 2.65. The first-order valence-electron chi connectivity index (χ1n) is 8.49. The molecular formula is C22H16N4O. The maximum absolute atomic E-state index is 10.1. The zero-order chi connectivity index (χ0) is 18.5. The molecule has 0 saturated carbocycles. The van der Waals surface area contributed by atoms with Gasteiger partial charge in [-0.1, -0.05) is 48.5 Å². The van der Waals surface area contributed by atoms with Gasteiger partial charge < -0.3 is 5.11 Å². The monoisotopic (exact) mass is 352 g/mol. The highest BCUT2D eigenvalue weighted by atomic mass is 16.3. The third-order valence-electron chi connectivity index (χ3n) is 4.03. The second-order valence-electron chi connectivity index (χ2n) is 5.91. The van der Waals surface area contributed by atoms with Crippen molar-refractivity contribution in [2.75, 3.05) is 0 Å². The lowest BCUT2D eigenvalue weighted by Crippen LogP contribution is -1.74. The maximum Gasteiger partial charge on any atom is 0.143 e. The van der Waals surface area contributed by atoms with Crippen molar-refractivity contribution < 1.29 is 5.11 Å². The molecule has 4 aromatic carbocycles. The summed E-state index contributed by atoms with van der Waals surface area (Å²) in [6.45, 7) is 0. The van der Waals surface area contributed by atoms with E-state index < -0.39 is 0 Å². The van der Waals surface area contributed by atoms with Crippen LogP contribution in [0.25, 0.3) is 10.8 Å². The van der Waals surface area contributed by atoms with Crippen molar-refractivity contribution in [1.82, 2.24) is 0 Å². The molecule has 27 heavy (non-hydrogen) atoms. The smallest absolute Gasteiger partial charge is 0.143 e. The van der Waals surface area contributed by atoms with Crippen molar-refractivity contribution in [1.29, 1.82) is 0 Å². The Morgan fingerprint density at radius 2 is 1.04 bits per heavy atom. The number of hydrogen-bond donors (Lipinski definition) is 1. The van der Waals surface area contributed by atoms with E-state index >= 15 is 0 Å². The molecule has 0 aliphatic rings. The Kier molecular flexibility index (Phi) is 4.66. The highest BCUT2D eigenvalue weighted by molar-refractivity contribution is 5.95. The van der Waals surface area contributed by atoms with Crippen LogP contribution in [0.4, 0.5) is 22.7 Å². The van der Waals surface area contributed by atoms with Gasteiger partial charge in [0.2, 0.25) is 0 Å². The largest absolute Gasteiger partial charge is 0.506 e. The van der Waals surface area contributed by atoms with Gasteiger partial charge in [0.1, 0.15) is 11.4 Å². The molecule has 0 amide bonds. The lowest BCUT2D eigenvalue weighted by atomic mass is 10.1. The predicted molar refractivity (Wildman–Crippen MR) is 107 cm³/mol. The van der Waals surface area contributed by atoms with Crippen LogP contribution in [0.5, 0.6) is 5.75 Å². The van der Waals surface area contributed by atoms with Crippen molar-refractivity contribution in [2.24, 2.45) is 20.5 Å². The van der Waals surface area contributed by atoms with Crippen LogP contribution in [0.1, 0.15) is 0 Å². The molecule has 0 heterocycles. The van der Waals surface area contributed by atoms with Gasteiger partial charge in [0, 0.05) is 5.39 Å². The van der Waals surface area contributed by atoms with Gasteiger partial charge in [0.15, 0.2) is 0 Å². The van der Waals surface area contributed by atoms with Crippen LogP contribution in [0.15, 0.2) is 111 Å². The van der Waals surface area contributed by atoms with Gasteiger partial charge in [-0.3, -0.25) is 0 Å². The molecule has 4 aromatic rings. The Labute approximate surface area is 156 Å².